The molecular formula is C12H11ClN2OS. The lowest BCUT2D eigenvalue weighted by atomic mass is 10.2. The average molecular weight is 267 g/mol. The Hall–Kier alpha value is -1.13. The summed E-state index contributed by atoms with van der Waals surface area (Å²) in [4.78, 5) is 14.1. The number of halogens is 1. The quantitative estimate of drug-likeness (QED) is 0.784. The van der Waals surface area contributed by atoms with Crippen molar-refractivity contribution in [2.24, 2.45) is 0 Å². The van der Waals surface area contributed by atoms with E-state index in [0.29, 0.717) is 5.02 Å². The van der Waals surface area contributed by atoms with Crippen molar-refractivity contribution in [3.05, 3.63) is 34.5 Å². The van der Waals surface area contributed by atoms with Gasteiger partial charge in [0, 0.05) is 34.8 Å². The van der Waals surface area contributed by atoms with Crippen molar-refractivity contribution in [3.63, 3.8) is 0 Å². The number of anilines is 2. The van der Waals surface area contributed by atoms with Gasteiger partial charge in [-0.3, -0.25) is 4.79 Å². The second kappa shape index (κ2) is 3.96. The number of carbonyl (C=O) groups is 1. The highest BCUT2D eigenvalue weighted by Gasteiger charge is 2.29. The molecule has 2 heterocycles. The monoisotopic (exact) mass is 266 g/mol. The van der Waals surface area contributed by atoms with Crippen LogP contribution in [0.2, 0.25) is 5.02 Å². The lowest BCUT2D eigenvalue weighted by molar-refractivity contribution is -0.112. The van der Waals surface area contributed by atoms with Crippen LogP contribution >= 0.6 is 23.4 Å². The Labute approximate surface area is 109 Å². The summed E-state index contributed by atoms with van der Waals surface area (Å²) in [5.41, 5.74) is 3.76. The molecule has 1 aromatic carbocycles. The van der Waals surface area contributed by atoms with Crippen molar-refractivity contribution in [2.45, 2.75) is 0 Å². The first-order valence-corrected chi connectivity index (χ1v) is 6.84. The fourth-order valence-electron chi connectivity index (χ4n) is 2.16. The first kappa shape index (κ1) is 11.0. The van der Waals surface area contributed by atoms with Gasteiger partial charge >= 0.3 is 0 Å². The highest BCUT2D eigenvalue weighted by Crippen LogP contribution is 2.38. The van der Waals surface area contributed by atoms with Crippen LogP contribution in [-0.2, 0) is 4.79 Å². The van der Waals surface area contributed by atoms with E-state index in [9.17, 15) is 4.79 Å². The lowest BCUT2D eigenvalue weighted by Crippen LogP contribution is -2.18. The Kier molecular flexibility index (Phi) is 2.56. The number of rotatable bonds is 0. The summed E-state index contributed by atoms with van der Waals surface area (Å²) in [5, 5.41) is 3.56. The molecule has 2 aliphatic heterocycles. The smallest absolute Gasteiger partial charge is 0.254 e. The van der Waals surface area contributed by atoms with Gasteiger partial charge in [-0.2, -0.15) is 11.8 Å². The van der Waals surface area contributed by atoms with E-state index in [2.05, 4.69) is 10.2 Å². The predicted molar refractivity (Wildman–Crippen MR) is 72.8 cm³/mol. The molecule has 1 N–H and O–H groups in total. The van der Waals surface area contributed by atoms with Crippen LogP contribution in [0.15, 0.2) is 29.5 Å². The number of nitrogens with zero attached hydrogens (tertiary/aromatic N) is 1. The summed E-state index contributed by atoms with van der Waals surface area (Å²) < 4.78 is 0. The largest absolute Gasteiger partial charge is 0.345 e. The van der Waals surface area contributed by atoms with Gasteiger partial charge < -0.3 is 10.2 Å². The zero-order valence-electron chi connectivity index (χ0n) is 9.29. The van der Waals surface area contributed by atoms with Crippen LogP contribution < -0.4 is 10.2 Å². The summed E-state index contributed by atoms with van der Waals surface area (Å²) in [6.45, 7) is 0. The molecule has 1 aromatic rings. The summed E-state index contributed by atoms with van der Waals surface area (Å²) in [6.07, 6.45) is 0. The van der Waals surface area contributed by atoms with E-state index in [1.807, 2.05) is 19.2 Å². The molecule has 1 amide bonds. The SMILES string of the molecule is CN1C2=C(CSC2)C(=O)Nc2cc(Cl)ccc21. The third-order valence-corrected chi connectivity index (χ3v) is 4.29. The molecule has 3 nitrogen and oxygen atoms in total. The first-order valence-electron chi connectivity index (χ1n) is 5.31. The maximum Gasteiger partial charge on any atom is 0.254 e. The van der Waals surface area contributed by atoms with E-state index in [-0.39, 0.29) is 5.91 Å². The van der Waals surface area contributed by atoms with Crippen LogP contribution in [-0.4, -0.2) is 24.5 Å². The summed E-state index contributed by atoms with van der Waals surface area (Å²) in [7, 11) is 1.99. The minimum Gasteiger partial charge on any atom is -0.345 e. The number of fused-ring (bicyclic) bond motifs is 1. The minimum atomic E-state index is -0.00198. The fourth-order valence-corrected chi connectivity index (χ4v) is 3.50. The fraction of sp³-hybridized carbons (Fsp3) is 0.250. The van der Waals surface area contributed by atoms with Gasteiger partial charge in [-0.15, -0.1) is 0 Å². The average Bonchev–Trinajstić information content (AvgIpc) is 2.74. The maximum atomic E-state index is 12.1. The Morgan fingerprint density at radius 3 is 3.06 bits per heavy atom. The number of hydrogen-bond acceptors (Lipinski definition) is 3. The van der Waals surface area contributed by atoms with Gasteiger partial charge in [0.25, 0.3) is 5.91 Å². The molecule has 88 valence electrons. The zero-order valence-corrected chi connectivity index (χ0v) is 10.9. The number of thioether (sulfide) groups is 1. The van der Waals surface area contributed by atoms with Gasteiger partial charge in [0.05, 0.1) is 11.4 Å². The molecule has 3 rings (SSSR count). The molecule has 0 saturated carbocycles. The Morgan fingerprint density at radius 1 is 1.41 bits per heavy atom. The molecular weight excluding hydrogens is 256 g/mol. The zero-order chi connectivity index (χ0) is 12.0. The number of hydrogen-bond donors (Lipinski definition) is 1. The maximum absolute atomic E-state index is 12.1. The minimum absolute atomic E-state index is 0.00198. The third-order valence-electron chi connectivity index (χ3n) is 3.08. The molecule has 0 spiro atoms. The van der Waals surface area contributed by atoms with Crippen molar-refractivity contribution in [3.8, 4) is 0 Å². The van der Waals surface area contributed by atoms with Crippen molar-refractivity contribution in [1.82, 2.24) is 0 Å². The second-order valence-corrected chi connectivity index (χ2v) is 5.51. The van der Waals surface area contributed by atoms with Crippen LogP contribution in [0.4, 0.5) is 11.4 Å². The summed E-state index contributed by atoms with van der Waals surface area (Å²) in [5.74, 6) is 1.67. The molecule has 0 atom stereocenters. The van der Waals surface area contributed by atoms with Gasteiger partial charge in [0.1, 0.15) is 0 Å². The van der Waals surface area contributed by atoms with Gasteiger partial charge in [-0.25, -0.2) is 0 Å². The highest BCUT2D eigenvalue weighted by atomic mass is 35.5. The van der Waals surface area contributed by atoms with E-state index in [1.165, 1.54) is 0 Å². The molecule has 17 heavy (non-hydrogen) atoms. The number of benzene rings is 1. The van der Waals surface area contributed by atoms with E-state index >= 15 is 0 Å². The molecule has 5 heteroatoms. The predicted octanol–water partition coefficient (Wildman–Crippen LogP) is 2.73. The first-order chi connectivity index (χ1) is 8.16. The molecule has 0 aromatic heterocycles. The Morgan fingerprint density at radius 2 is 2.24 bits per heavy atom. The van der Waals surface area contributed by atoms with Crippen LogP contribution in [0.3, 0.4) is 0 Å². The standard InChI is InChI=1S/C12H11ClN2OS/c1-15-10-3-2-7(13)4-9(10)14-12(16)8-5-17-6-11(8)15/h2-4H,5-6H2,1H3,(H,14,16). The van der Waals surface area contributed by atoms with E-state index in [1.54, 1.807) is 17.8 Å². The van der Waals surface area contributed by atoms with Crippen molar-refractivity contribution in [1.29, 1.82) is 0 Å². The van der Waals surface area contributed by atoms with Gasteiger partial charge in [-0.05, 0) is 18.2 Å². The van der Waals surface area contributed by atoms with Gasteiger partial charge in [0.2, 0.25) is 0 Å². The van der Waals surface area contributed by atoms with E-state index in [0.717, 1.165) is 34.2 Å². The topological polar surface area (TPSA) is 32.3 Å². The van der Waals surface area contributed by atoms with E-state index < -0.39 is 0 Å². The molecule has 0 unspecified atom stereocenters. The number of nitrogens with one attached hydrogen (secondary N) is 1. The van der Waals surface area contributed by atoms with Crippen LogP contribution in [0.5, 0.6) is 0 Å². The highest BCUT2D eigenvalue weighted by molar-refractivity contribution is 8.00. The number of carbonyl (C=O) groups excluding carboxylic acids is 1. The number of amides is 1. The van der Waals surface area contributed by atoms with Crippen molar-refractivity contribution >= 4 is 40.6 Å². The molecule has 0 radical (unpaired) electrons. The molecule has 2 aliphatic rings. The summed E-state index contributed by atoms with van der Waals surface area (Å²) in [6, 6.07) is 5.58. The second-order valence-electron chi connectivity index (χ2n) is 4.09. The Bertz CT molecular complexity index is 541. The molecule has 0 aliphatic carbocycles. The summed E-state index contributed by atoms with van der Waals surface area (Å²) >= 11 is 7.73. The van der Waals surface area contributed by atoms with Crippen LogP contribution in [0, 0.1) is 0 Å². The van der Waals surface area contributed by atoms with Gasteiger partial charge in [0.15, 0.2) is 0 Å². The Balaban J connectivity index is 2.15. The van der Waals surface area contributed by atoms with Crippen molar-refractivity contribution < 1.29 is 4.79 Å². The van der Waals surface area contributed by atoms with Gasteiger partial charge in [-0.1, -0.05) is 11.6 Å². The van der Waals surface area contributed by atoms with Crippen LogP contribution in [0.25, 0.3) is 0 Å². The van der Waals surface area contributed by atoms with E-state index in [4.69, 9.17) is 11.6 Å². The molecule has 0 saturated heterocycles. The van der Waals surface area contributed by atoms with Crippen LogP contribution in [0.1, 0.15) is 0 Å². The third kappa shape index (κ3) is 1.72. The molecule has 0 fully saturated rings. The van der Waals surface area contributed by atoms with Crippen molar-refractivity contribution in [2.75, 3.05) is 28.8 Å². The normalized spacial score (nSPS) is 18.7. The lowest BCUT2D eigenvalue weighted by Gasteiger charge is -2.21. The molecule has 0 bridgehead atoms.